The van der Waals surface area contributed by atoms with Gasteiger partial charge in [0, 0.05) is 7.05 Å². The highest BCUT2D eigenvalue weighted by molar-refractivity contribution is 5.73. The van der Waals surface area contributed by atoms with E-state index in [4.69, 9.17) is 5.26 Å². The summed E-state index contributed by atoms with van der Waals surface area (Å²) >= 11 is 0. The van der Waals surface area contributed by atoms with E-state index in [-0.39, 0.29) is 18.5 Å². The van der Waals surface area contributed by atoms with Crippen molar-refractivity contribution in [2.75, 3.05) is 0 Å². The molecule has 21 heavy (non-hydrogen) atoms. The van der Waals surface area contributed by atoms with E-state index in [2.05, 4.69) is 21.8 Å². The average Bonchev–Trinajstić information content (AvgIpc) is 2.82. The molecular formula is C14H13N5O2. The van der Waals surface area contributed by atoms with Crippen LogP contribution in [-0.4, -0.2) is 19.1 Å². The fraction of sp³-hybridized carbons (Fsp3) is 0.286. The quantitative estimate of drug-likeness (QED) is 0.823. The van der Waals surface area contributed by atoms with E-state index >= 15 is 0 Å². The summed E-state index contributed by atoms with van der Waals surface area (Å²) in [6, 6.07) is 1.99. The summed E-state index contributed by atoms with van der Waals surface area (Å²) in [5.41, 5.74) is -0.445. The minimum absolute atomic E-state index is 0.234. The monoisotopic (exact) mass is 283 g/mol. The van der Waals surface area contributed by atoms with Crippen LogP contribution in [0.4, 0.5) is 0 Å². The predicted molar refractivity (Wildman–Crippen MR) is 78.3 cm³/mol. The zero-order valence-corrected chi connectivity index (χ0v) is 11.7. The first-order valence-corrected chi connectivity index (χ1v) is 6.22. The number of nitrogens with zero attached hydrogens (tertiary/aromatic N) is 4. The molecule has 0 aromatic carbocycles. The fourth-order valence-corrected chi connectivity index (χ4v) is 1.91. The smallest absolute Gasteiger partial charge is 0.307 e. The van der Waals surface area contributed by atoms with Crippen LogP contribution < -0.4 is 11.2 Å². The van der Waals surface area contributed by atoms with Gasteiger partial charge in [0.25, 0.3) is 5.56 Å². The van der Waals surface area contributed by atoms with E-state index in [0.29, 0.717) is 11.5 Å². The molecule has 2 rings (SSSR count). The van der Waals surface area contributed by atoms with E-state index < -0.39 is 11.2 Å². The average molecular weight is 283 g/mol. The van der Waals surface area contributed by atoms with Gasteiger partial charge in [-0.3, -0.25) is 14.3 Å². The number of H-pyrrole nitrogens is 1. The number of allylic oxidation sites excluding steroid dienone is 1. The summed E-state index contributed by atoms with van der Waals surface area (Å²) in [6.07, 6.45) is 3.52. The summed E-state index contributed by atoms with van der Waals surface area (Å²) in [6.45, 7) is 1.98. The number of aromatic amines is 1. The first-order chi connectivity index (χ1) is 10.1. The standard InChI is InChI=1S/C14H13N5O2/c1-3-4-9-19-10(7-5-6-8-15)16-12-11(19)13(20)17-14(21)18(12)2/h5,7H,6,9H2,1-2H3,(H,17,20,21). The van der Waals surface area contributed by atoms with Gasteiger partial charge >= 0.3 is 5.69 Å². The van der Waals surface area contributed by atoms with Gasteiger partial charge in [-0.2, -0.15) is 5.26 Å². The Labute approximate surface area is 120 Å². The van der Waals surface area contributed by atoms with Crippen LogP contribution in [0.25, 0.3) is 17.2 Å². The van der Waals surface area contributed by atoms with Crippen LogP contribution in [0.1, 0.15) is 19.2 Å². The maximum Gasteiger partial charge on any atom is 0.329 e. The molecule has 0 aliphatic carbocycles. The lowest BCUT2D eigenvalue weighted by atomic mass is 10.4. The molecule has 0 amide bonds. The molecule has 2 aromatic heterocycles. The number of aryl methyl sites for hydroxylation is 1. The second-order valence-electron chi connectivity index (χ2n) is 4.24. The second-order valence-corrected chi connectivity index (χ2v) is 4.24. The highest BCUT2D eigenvalue weighted by atomic mass is 16.2. The van der Waals surface area contributed by atoms with Crippen molar-refractivity contribution in [3.8, 4) is 17.9 Å². The van der Waals surface area contributed by atoms with Crippen LogP contribution in [0.15, 0.2) is 15.7 Å². The lowest BCUT2D eigenvalue weighted by Crippen LogP contribution is -2.29. The normalized spacial score (nSPS) is 10.5. The van der Waals surface area contributed by atoms with Crippen LogP contribution >= 0.6 is 0 Å². The Balaban J connectivity index is 2.78. The van der Waals surface area contributed by atoms with Gasteiger partial charge in [-0.15, -0.1) is 5.92 Å². The van der Waals surface area contributed by atoms with Gasteiger partial charge in [-0.05, 0) is 13.0 Å². The minimum Gasteiger partial charge on any atom is -0.307 e. The van der Waals surface area contributed by atoms with Crippen LogP contribution in [0, 0.1) is 23.2 Å². The topological polar surface area (TPSA) is 96.5 Å². The highest BCUT2D eigenvalue weighted by Crippen LogP contribution is 2.12. The van der Waals surface area contributed by atoms with Gasteiger partial charge in [0.2, 0.25) is 0 Å². The second kappa shape index (κ2) is 5.93. The molecule has 0 radical (unpaired) electrons. The van der Waals surface area contributed by atoms with Gasteiger partial charge in [0.05, 0.1) is 19.0 Å². The Morgan fingerprint density at radius 1 is 1.43 bits per heavy atom. The Morgan fingerprint density at radius 2 is 2.19 bits per heavy atom. The number of imidazole rings is 1. The number of nitriles is 1. The van der Waals surface area contributed by atoms with Crippen molar-refractivity contribution < 1.29 is 0 Å². The van der Waals surface area contributed by atoms with E-state index in [1.807, 2.05) is 6.07 Å². The van der Waals surface area contributed by atoms with E-state index in [1.165, 1.54) is 11.6 Å². The SMILES string of the molecule is CC#CCn1c(C=CCC#N)nc2c1c(=O)[nH]c(=O)n2C. The Bertz CT molecular complexity index is 925. The Morgan fingerprint density at radius 3 is 2.86 bits per heavy atom. The number of hydrogen-bond acceptors (Lipinski definition) is 4. The third kappa shape index (κ3) is 2.63. The molecule has 0 bridgehead atoms. The zero-order chi connectivity index (χ0) is 15.4. The van der Waals surface area contributed by atoms with Crippen LogP contribution in [-0.2, 0) is 13.6 Å². The summed E-state index contributed by atoms with van der Waals surface area (Å²) in [5, 5.41) is 8.57. The van der Waals surface area contributed by atoms with Crippen molar-refractivity contribution in [1.29, 1.82) is 5.26 Å². The van der Waals surface area contributed by atoms with Gasteiger partial charge < -0.3 is 4.57 Å². The Hall–Kier alpha value is -3.06. The van der Waals surface area contributed by atoms with Crippen LogP contribution in [0.2, 0.25) is 0 Å². The van der Waals surface area contributed by atoms with Gasteiger partial charge in [-0.1, -0.05) is 12.0 Å². The Kier molecular flexibility index (Phi) is 4.05. The molecule has 7 nitrogen and oxygen atoms in total. The van der Waals surface area contributed by atoms with Gasteiger partial charge in [0.1, 0.15) is 5.82 Å². The largest absolute Gasteiger partial charge is 0.329 e. The number of rotatable bonds is 3. The van der Waals surface area contributed by atoms with Crippen molar-refractivity contribution in [2.24, 2.45) is 7.05 Å². The van der Waals surface area contributed by atoms with E-state index in [9.17, 15) is 9.59 Å². The fourth-order valence-electron chi connectivity index (χ4n) is 1.91. The number of hydrogen-bond donors (Lipinski definition) is 1. The first-order valence-electron chi connectivity index (χ1n) is 6.22. The summed E-state index contributed by atoms with van der Waals surface area (Å²) < 4.78 is 2.90. The van der Waals surface area contributed by atoms with Crippen molar-refractivity contribution in [3.63, 3.8) is 0 Å². The molecule has 0 atom stereocenters. The third-order valence-corrected chi connectivity index (χ3v) is 2.93. The third-order valence-electron chi connectivity index (χ3n) is 2.93. The molecule has 0 fully saturated rings. The summed E-state index contributed by atoms with van der Waals surface area (Å²) in [7, 11) is 1.53. The highest BCUT2D eigenvalue weighted by Gasteiger charge is 2.14. The van der Waals surface area contributed by atoms with Crippen LogP contribution in [0.3, 0.4) is 0 Å². The molecule has 2 aromatic rings. The summed E-state index contributed by atoms with van der Waals surface area (Å²) in [4.78, 5) is 30.2. The minimum atomic E-state index is -0.522. The first kappa shape index (κ1) is 14.4. The number of fused-ring (bicyclic) bond motifs is 1. The predicted octanol–water partition coefficient (Wildman–Crippen LogP) is 0.373. The van der Waals surface area contributed by atoms with Crippen LogP contribution in [0.5, 0.6) is 0 Å². The lowest BCUT2D eigenvalue weighted by molar-refractivity contribution is 0.821. The van der Waals surface area contributed by atoms with Crippen molar-refractivity contribution in [3.05, 3.63) is 32.7 Å². The van der Waals surface area contributed by atoms with Crippen molar-refractivity contribution in [2.45, 2.75) is 19.9 Å². The molecule has 0 aliphatic rings. The number of nitrogens with one attached hydrogen (secondary N) is 1. The maximum atomic E-state index is 12.0. The molecule has 7 heteroatoms. The lowest BCUT2D eigenvalue weighted by Gasteiger charge is -2.01. The molecule has 2 heterocycles. The zero-order valence-electron chi connectivity index (χ0n) is 11.7. The molecule has 106 valence electrons. The van der Waals surface area contributed by atoms with E-state index in [1.54, 1.807) is 23.6 Å². The van der Waals surface area contributed by atoms with Crippen molar-refractivity contribution >= 4 is 17.2 Å². The molecule has 0 spiro atoms. The molecular weight excluding hydrogens is 270 g/mol. The number of aromatic nitrogens is 4. The maximum absolute atomic E-state index is 12.0. The molecule has 0 unspecified atom stereocenters. The van der Waals surface area contributed by atoms with E-state index in [0.717, 1.165) is 0 Å². The molecule has 0 saturated carbocycles. The molecule has 0 aliphatic heterocycles. The molecule has 0 saturated heterocycles. The molecule has 1 N–H and O–H groups in total. The summed E-state index contributed by atoms with van der Waals surface area (Å²) in [5.74, 6) is 6.10. The van der Waals surface area contributed by atoms with Gasteiger partial charge in [-0.25, -0.2) is 9.78 Å². The van der Waals surface area contributed by atoms with Gasteiger partial charge in [0.15, 0.2) is 11.2 Å². The van der Waals surface area contributed by atoms with Crippen molar-refractivity contribution in [1.82, 2.24) is 19.1 Å².